The Morgan fingerprint density at radius 2 is 1.81 bits per heavy atom. The summed E-state index contributed by atoms with van der Waals surface area (Å²) in [7, 11) is 0. The molecule has 2 aromatic carbocycles. The molecule has 4 rings (SSSR count). The summed E-state index contributed by atoms with van der Waals surface area (Å²) in [5.74, 6) is 0.416. The van der Waals surface area contributed by atoms with E-state index in [0.29, 0.717) is 12.3 Å². The van der Waals surface area contributed by atoms with Gasteiger partial charge >= 0.3 is 0 Å². The average Bonchev–Trinajstić information content (AvgIpc) is 3.07. The van der Waals surface area contributed by atoms with Crippen LogP contribution in [-0.4, -0.2) is 33.4 Å². The largest absolute Gasteiger partial charge is 0.342 e. The van der Waals surface area contributed by atoms with Gasteiger partial charge in [0.15, 0.2) is 0 Å². The standard InChI is InChI=1S/C21H22FN3O/c22-18-7-5-16(6-8-18)13-21(26)24-11-9-17(10-12-24)14-25-15-23-19-3-1-2-4-20(19)25/h1-8,15,17H,9-14H2. The quantitative estimate of drug-likeness (QED) is 0.719. The third-order valence-corrected chi connectivity index (χ3v) is 5.22. The highest BCUT2D eigenvalue weighted by atomic mass is 19.1. The van der Waals surface area contributed by atoms with Gasteiger partial charge in [0, 0.05) is 19.6 Å². The Hall–Kier alpha value is -2.69. The van der Waals surface area contributed by atoms with E-state index in [1.807, 2.05) is 29.4 Å². The second-order valence-electron chi connectivity index (χ2n) is 7.01. The number of nitrogens with zero attached hydrogens (tertiary/aromatic N) is 3. The molecular weight excluding hydrogens is 329 g/mol. The molecule has 3 aromatic rings. The maximum absolute atomic E-state index is 13.0. The number of likely N-dealkylation sites (tertiary alicyclic amines) is 1. The van der Waals surface area contributed by atoms with Crippen molar-refractivity contribution in [1.82, 2.24) is 14.5 Å². The highest BCUT2D eigenvalue weighted by Crippen LogP contribution is 2.22. The fourth-order valence-corrected chi connectivity index (χ4v) is 3.69. The number of hydrogen-bond acceptors (Lipinski definition) is 2. The number of carbonyl (C=O) groups is 1. The maximum atomic E-state index is 13.0. The molecule has 1 saturated heterocycles. The lowest BCUT2D eigenvalue weighted by molar-refractivity contribution is -0.131. The molecule has 0 N–H and O–H groups in total. The van der Waals surface area contributed by atoms with Crippen molar-refractivity contribution < 1.29 is 9.18 Å². The molecule has 0 unspecified atom stereocenters. The van der Waals surface area contributed by atoms with Crippen LogP contribution < -0.4 is 0 Å². The molecule has 5 heteroatoms. The Labute approximate surface area is 152 Å². The van der Waals surface area contributed by atoms with Crippen LogP contribution in [0.1, 0.15) is 18.4 Å². The highest BCUT2D eigenvalue weighted by Gasteiger charge is 2.23. The van der Waals surface area contributed by atoms with Gasteiger partial charge in [0.1, 0.15) is 5.82 Å². The van der Waals surface area contributed by atoms with Gasteiger partial charge in [-0.1, -0.05) is 24.3 Å². The summed E-state index contributed by atoms with van der Waals surface area (Å²) in [5, 5.41) is 0. The molecule has 2 heterocycles. The summed E-state index contributed by atoms with van der Waals surface area (Å²) in [6, 6.07) is 14.4. The lowest BCUT2D eigenvalue weighted by Gasteiger charge is -2.32. The second kappa shape index (κ2) is 7.28. The normalized spacial score (nSPS) is 15.5. The van der Waals surface area contributed by atoms with E-state index in [0.717, 1.165) is 43.6 Å². The minimum atomic E-state index is -0.269. The smallest absolute Gasteiger partial charge is 0.226 e. The van der Waals surface area contributed by atoms with Crippen molar-refractivity contribution in [2.45, 2.75) is 25.8 Å². The summed E-state index contributed by atoms with van der Waals surface area (Å²) >= 11 is 0. The molecule has 134 valence electrons. The van der Waals surface area contributed by atoms with Crippen LogP contribution in [-0.2, 0) is 17.8 Å². The Balaban J connectivity index is 1.32. The van der Waals surface area contributed by atoms with Gasteiger partial charge in [-0.3, -0.25) is 4.79 Å². The van der Waals surface area contributed by atoms with E-state index in [1.165, 1.54) is 17.6 Å². The molecular formula is C21H22FN3O. The first-order valence-corrected chi connectivity index (χ1v) is 9.11. The average molecular weight is 351 g/mol. The Kier molecular flexibility index (Phi) is 4.69. The van der Waals surface area contributed by atoms with Crippen molar-refractivity contribution in [3.8, 4) is 0 Å². The van der Waals surface area contributed by atoms with Crippen molar-refractivity contribution in [2.75, 3.05) is 13.1 Å². The van der Waals surface area contributed by atoms with E-state index in [9.17, 15) is 9.18 Å². The predicted molar refractivity (Wildman–Crippen MR) is 99.1 cm³/mol. The molecule has 0 saturated carbocycles. The third-order valence-electron chi connectivity index (χ3n) is 5.22. The molecule has 1 aliphatic heterocycles. The Morgan fingerprint density at radius 3 is 2.58 bits per heavy atom. The van der Waals surface area contributed by atoms with E-state index in [2.05, 4.69) is 15.6 Å². The fraction of sp³-hybridized carbons (Fsp3) is 0.333. The van der Waals surface area contributed by atoms with Crippen LogP contribution in [0.3, 0.4) is 0 Å². The zero-order chi connectivity index (χ0) is 17.9. The van der Waals surface area contributed by atoms with Crippen LogP contribution in [0.25, 0.3) is 11.0 Å². The number of fused-ring (bicyclic) bond motifs is 1. The SMILES string of the molecule is O=C(Cc1ccc(F)cc1)N1CCC(Cn2cnc3ccccc32)CC1. The predicted octanol–water partition coefficient (Wildman–Crippen LogP) is 3.66. The molecule has 1 amide bonds. The molecule has 0 aliphatic carbocycles. The first-order valence-electron chi connectivity index (χ1n) is 9.11. The number of rotatable bonds is 4. The molecule has 1 aromatic heterocycles. The van der Waals surface area contributed by atoms with Gasteiger partial charge in [0.25, 0.3) is 0 Å². The van der Waals surface area contributed by atoms with Crippen LogP contribution in [0.5, 0.6) is 0 Å². The molecule has 0 bridgehead atoms. The molecule has 4 nitrogen and oxygen atoms in total. The van der Waals surface area contributed by atoms with Crippen LogP contribution in [0.15, 0.2) is 54.9 Å². The molecule has 1 fully saturated rings. The Morgan fingerprint density at radius 1 is 1.08 bits per heavy atom. The zero-order valence-electron chi connectivity index (χ0n) is 14.6. The number of carbonyl (C=O) groups excluding carboxylic acids is 1. The topological polar surface area (TPSA) is 38.1 Å². The number of hydrogen-bond donors (Lipinski definition) is 0. The van der Waals surface area contributed by atoms with Gasteiger partial charge in [0.05, 0.1) is 23.8 Å². The third kappa shape index (κ3) is 3.62. The molecule has 0 radical (unpaired) electrons. The number of aromatic nitrogens is 2. The van der Waals surface area contributed by atoms with Crippen LogP contribution in [0, 0.1) is 11.7 Å². The van der Waals surface area contributed by atoms with E-state index in [1.54, 1.807) is 12.1 Å². The summed E-state index contributed by atoms with van der Waals surface area (Å²) in [5.41, 5.74) is 3.06. The van der Waals surface area contributed by atoms with Crippen molar-refractivity contribution in [3.05, 3.63) is 66.2 Å². The van der Waals surface area contributed by atoms with Crippen molar-refractivity contribution in [3.63, 3.8) is 0 Å². The number of halogens is 1. The van der Waals surface area contributed by atoms with E-state index in [4.69, 9.17) is 0 Å². The monoisotopic (exact) mass is 351 g/mol. The summed E-state index contributed by atoms with van der Waals surface area (Å²) in [6.45, 7) is 2.52. The summed E-state index contributed by atoms with van der Waals surface area (Å²) in [4.78, 5) is 18.9. The van der Waals surface area contributed by atoms with E-state index < -0.39 is 0 Å². The lowest BCUT2D eigenvalue weighted by Crippen LogP contribution is -2.40. The van der Waals surface area contributed by atoms with E-state index >= 15 is 0 Å². The molecule has 0 spiro atoms. The number of para-hydroxylation sites is 2. The molecule has 0 atom stereocenters. The minimum Gasteiger partial charge on any atom is -0.342 e. The summed E-state index contributed by atoms with van der Waals surface area (Å²) in [6.07, 6.45) is 4.26. The Bertz CT molecular complexity index is 895. The van der Waals surface area contributed by atoms with Gasteiger partial charge in [-0.15, -0.1) is 0 Å². The fourth-order valence-electron chi connectivity index (χ4n) is 3.69. The highest BCUT2D eigenvalue weighted by molar-refractivity contribution is 5.79. The van der Waals surface area contributed by atoms with Gasteiger partial charge < -0.3 is 9.47 Å². The van der Waals surface area contributed by atoms with Crippen LogP contribution >= 0.6 is 0 Å². The zero-order valence-corrected chi connectivity index (χ0v) is 14.6. The van der Waals surface area contributed by atoms with Gasteiger partial charge in [-0.2, -0.15) is 0 Å². The van der Waals surface area contributed by atoms with E-state index in [-0.39, 0.29) is 11.7 Å². The maximum Gasteiger partial charge on any atom is 0.226 e. The molecule has 26 heavy (non-hydrogen) atoms. The first-order chi connectivity index (χ1) is 12.7. The number of piperidine rings is 1. The minimum absolute atomic E-state index is 0.128. The second-order valence-corrected chi connectivity index (χ2v) is 7.01. The van der Waals surface area contributed by atoms with Crippen LogP contribution in [0.2, 0.25) is 0 Å². The number of amides is 1. The van der Waals surface area contributed by atoms with Gasteiger partial charge in [-0.05, 0) is 48.6 Å². The molecule has 1 aliphatic rings. The van der Waals surface area contributed by atoms with Gasteiger partial charge in [0.2, 0.25) is 5.91 Å². The van der Waals surface area contributed by atoms with Crippen molar-refractivity contribution in [2.24, 2.45) is 5.92 Å². The number of imidazole rings is 1. The van der Waals surface area contributed by atoms with Crippen molar-refractivity contribution >= 4 is 16.9 Å². The first kappa shape index (κ1) is 16.8. The number of benzene rings is 2. The summed E-state index contributed by atoms with van der Waals surface area (Å²) < 4.78 is 15.2. The lowest BCUT2D eigenvalue weighted by atomic mass is 9.96. The van der Waals surface area contributed by atoms with Crippen molar-refractivity contribution in [1.29, 1.82) is 0 Å². The van der Waals surface area contributed by atoms with Crippen LogP contribution in [0.4, 0.5) is 4.39 Å². The van der Waals surface area contributed by atoms with Gasteiger partial charge in [-0.25, -0.2) is 9.37 Å².